The standard InChI is InChI=1S/C13H13N3S/c14-6-5-13(3-4-13)10-16-8-7-15-12(16)11-2-1-9-17-11/h1-2,7-9H,3-5,10H2. The Balaban J connectivity index is 1.86. The number of nitrogens with zero attached hydrogens (tertiary/aromatic N) is 3. The summed E-state index contributed by atoms with van der Waals surface area (Å²) in [6.45, 7) is 0.924. The molecule has 0 saturated heterocycles. The van der Waals surface area contributed by atoms with E-state index in [0.717, 1.165) is 12.4 Å². The van der Waals surface area contributed by atoms with E-state index in [1.165, 1.54) is 17.7 Å². The Morgan fingerprint density at radius 2 is 2.41 bits per heavy atom. The molecule has 0 spiro atoms. The topological polar surface area (TPSA) is 41.6 Å². The highest BCUT2D eigenvalue weighted by atomic mass is 32.1. The molecule has 0 amide bonds. The van der Waals surface area contributed by atoms with Gasteiger partial charge in [0.25, 0.3) is 0 Å². The molecule has 1 fully saturated rings. The summed E-state index contributed by atoms with van der Waals surface area (Å²) in [7, 11) is 0. The number of imidazole rings is 1. The Morgan fingerprint density at radius 3 is 3.06 bits per heavy atom. The molecule has 2 heterocycles. The lowest BCUT2D eigenvalue weighted by Crippen LogP contribution is -2.11. The van der Waals surface area contributed by atoms with Crippen LogP contribution in [0.15, 0.2) is 29.9 Å². The van der Waals surface area contributed by atoms with Gasteiger partial charge in [-0.05, 0) is 24.3 Å². The van der Waals surface area contributed by atoms with Gasteiger partial charge in [-0.15, -0.1) is 11.3 Å². The van der Waals surface area contributed by atoms with Crippen LogP contribution in [-0.2, 0) is 6.54 Å². The van der Waals surface area contributed by atoms with Gasteiger partial charge in [-0.3, -0.25) is 0 Å². The predicted molar refractivity (Wildman–Crippen MR) is 67.4 cm³/mol. The lowest BCUT2D eigenvalue weighted by Gasteiger charge is -2.13. The van der Waals surface area contributed by atoms with Crippen LogP contribution in [0.1, 0.15) is 19.3 Å². The maximum atomic E-state index is 8.85. The van der Waals surface area contributed by atoms with Gasteiger partial charge in [-0.2, -0.15) is 5.26 Å². The van der Waals surface area contributed by atoms with E-state index in [9.17, 15) is 0 Å². The van der Waals surface area contributed by atoms with E-state index < -0.39 is 0 Å². The number of nitriles is 1. The monoisotopic (exact) mass is 243 g/mol. The van der Waals surface area contributed by atoms with Gasteiger partial charge in [0.1, 0.15) is 5.82 Å². The molecule has 3 nitrogen and oxygen atoms in total. The first-order valence-corrected chi connectivity index (χ1v) is 6.63. The normalized spacial score (nSPS) is 16.6. The molecule has 4 heteroatoms. The van der Waals surface area contributed by atoms with Crippen molar-refractivity contribution in [2.45, 2.75) is 25.8 Å². The predicted octanol–water partition coefficient (Wildman–Crippen LogP) is 3.31. The smallest absolute Gasteiger partial charge is 0.150 e. The fraction of sp³-hybridized carbons (Fsp3) is 0.385. The molecular weight excluding hydrogens is 230 g/mol. The van der Waals surface area contributed by atoms with Crippen molar-refractivity contribution in [2.24, 2.45) is 5.41 Å². The van der Waals surface area contributed by atoms with Crippen molar-refractivity contribution >= 4 is 11.3 Å². The molecule has 0 aliphatic heterocycles. The summed E-state index contributed by atoms with van der Waals surface area (Å²) in [4.78, 5) is 5.62. The summed E-state index contributed by atoms with van der Waals surface area (Å²) in [5, 5.41) is 10.9. The van der Waals surface area contributed by atoms with Crippen LogP contribution in [0.2, 0.25) is 0 Å². The van der Waals surface area contributed by atoms with Crippen molar-refractivity contribution in [3.63, 3.8) is 0 Å². The van der Waals surface area contributed by atoms with Gasteiger partial charge in [0, 0.05) is 30.8 Å². The molecule has 0 radical (unpaired) electrons. The molecule has 0 aromatic carbocycles. The van der Waals surface area contributed by atoms with Gasteiger partial charge >= 0.3 is 0 Å². The Morgan fingerprint density at radius 1 is 1.53 bits per heavy atom. The van der Waals surface area contributed by atoms with Crippen LogP contribution >= 0.6 is 11.3 Å². The second-order valence-corrected chi connectivity index (χ2v) is 5.64. The quantitative estimate of drug-likeness (QED) is 0.826. The van der Waals surface area contributed by atoms with Crippen molar-refractivity contribution in [2.75, 3.05) is 0 Å². The third-order valence-electron chi connectivity index (χ3n) is 3.37. The molecule has 0 bridgehead atoms. The molecule has 2 aromatic heterocycles. The van der Waals surface area contributed by atoms with Crippen molar-refractivity contribution in [1.82, 2.24) is 9.55 Å². The van der Waals surface area contributed by atoms with E-state index in [2.05, 4.69) is 27.1 Å². The maximum Gasteiger partial charge on any atom is 0.150 e. The van der Waals surface area contributed by atoms with Crippen molar-refractivity contribution < 1.29 is 0 Å². The average Bonchev–Trinajstić information content (AvgIpc) is 2.77. The van der Waals surface area contributed by atoms with Crippen LogP contribution in [0.5, 0.6) is 0 Å². The van der Waals surface area contributed by atoms with Gasteiger partial charge in [0.15, 0.2) is 0 Å². The lowest BCUT2D eigenvalue weighted by atomic mass is 10.0. The zero-order valence-corrected chi connectivity index (χ0v) is 10.3. The van der Waals surface area contributed by atoms with Crippen LogP contribution in [-0.4, -0.2) is 9.55 Å². The molecule has 2 aromatic rings. The molecule has 1 aliphatic carbocycles. The molecule has 3 rings (SSSR count). The minimum atomic E-state index is 0.224. The minimum Gasteiger partial charge on any atom is -0.330 e. The molecular formula is C13H13N3S. The third kappa shape index (κ3) is 1.98. The Bertz CT molecular complexity index is 543. The van der Waals surface area contributed by atoms with Gasteiger partial charge in [0.2, 0.25) is 0 Å². The average molecular weight is 243 g/mol. The number of hydrogen-bond acceptors (Lipinski definition) is 3. The van der Waals surface area contributed by atoms with Crippen LogP contribution in [0, 0.1) is 16.7 Å². The highest BCUT2D eigenvalue weighted by Crippen LogP contribution is 2.50. The van der Waals surface area contributed by atoms with E-state index in [1.54, 1.807) is 11.3 Å². The highest BCUT2D eigenvalue weighted by Gasteiger charge is 2.43. The molecule has 1 aliphatic rings. The molecule has 86 valence electrons. The first kappa shape index (κ1) is 10.5. The Labute approximate surface area is 104 Å². The van der Waals surface area contributed by atoms with Crippen molar-refractivity contribution in [3.8, 4) is 16.8 Å². The Kier molecular flexibility index (Phi) is 2.49. The first-order chi connectivity index (χ1) is 8.33. The number of rotatable bonds is 4. The molecule has 1 saturated carbocycles. The Hall–Kier alpha value is -1.60. The minimum absolute atomic E-state index is 0.224. The fourth-order valence-electron chi connectivity index (χ4n) is 2.16. The van der Waals surface area contributed by atoms with E-state index in [1.807, 2.05) is 18.5 Å². The van der Waals surface area contributed by atoms with E-state index >= 15 is 0 Å². The van der Waals surface area contributed by atoms with Crippen LogP contribution in [0.25, 0.3) is 10.7 Å². The number of aromatic nitrogens is 2. The third-order valence-corrected chi connectivity index (χ3v) is 4.24. The maximum absolute atomic E-state index is 8.85. The zero-order chi connectivity index (χ0) is 11.7. The zero-order valence-electron chi connectivity index (χ0n) is 9.47. The van der Waals surface area contributed by atoms with E-state index in [-0.39, 0.29) is 5.41 Å². The summed E-state index contributed by atoms with van der Waals surface area (Å²) < 4.78 is 2.19. The fourth-order valence-corrected chi connectivity index (χ4v) is 2.90. The second kappa shape index (κ2) is 4.01. The van der Waals surface area contributed by atoms with Crippen molar-refractivity contribution in [3.05, 3.63) is 29.9 Å². The van der Waals surface area contributed by atoms with E-state index in [4.69, 9.17) is 5.26 Å². The lowest BCUT2D eigenvalue weighted by molar-refractivity contribution is 0.434. The number of thiophene rings is 1. The van der Waals surface area contributed by atoms with Crippen molar-refractivity contribution in [1.29, 1.82) is 5.26 Å². The van der Waals surface area contributed by atoms with Crippen LogP contribution in [0.4, 0.5) is 0 Å². The van der Waals surface area contributed by atoms with Gasteiger partial charge in [0.05, 0.1) is 10.9 Å². The summed E-state index contributed by atoms with van der Waals surface area (Å²) in [5.41, 5.74) is 0.224. The SMILES string of the molecule is N#CCC1(Cn2ccnc2-c2cccs2)CC1. The second-order valence-electron chi connectivity index (χ2n) is 4.69. The first-order valence-electron chi connectivity index (χ1n) is 5.75. The molecule has 17 heavy (non-hydrogen) atoms. The molecule has 0 atom stereocenters. The van der Waals surface area contributed by atoms with Gasteiger partial charge in [-0.1, -0.05) is 6.07 Å². The van der Waals surface area contributed by atoms with Crippen LogP contribution in [0.3, 0.4) is 0 Å². The summed E-state index contributed by atoms with van der Waals surface area (Å²) >= 11 is 1.71. The molecule has 0 unspecified atom stereocenters. The largest absolute Gasteiger partial charge is 0.330 e. The van der Waals surface area contributed by atoms with Gasteiger partial charge in [-0.25, -0.2) is 4.98 Å². The highest BCUT2D eigenvalue weighted by molar-refractivity contribution is 7.13. The van der Waals surface area contributed by atoms with Crippen LogP contribution < -0.4 is 0 Å². The molecule has 0 N–H and O–H groups in total. The van der Waals surface area contributed by atoms with E-state index in [0.29, 0.717) is 6.42 Å². The number of hydrogen-bond donors (Lipinski definition) is 0. The summed E-state index contributed by atoms with van der Waals surface area (Å²) in [6, 6.07) is 6.44. The van der Waals surface area contributed by atoms with Gasteiger partial charge < -0.3 is 4.57 Å². The summed E-state index contributed by atoms with van der Waals surface area (Å²) in [6.07, 6.45) is 6.87. The summed E-state index contributed by atoms with van der Waals surface area (Å²) in [5.74, 6) is 1.03.